The molecule has 0 rings (SSSR count). The zero-order chi connectivity index (χ0) is 7.82. The number of unbranched alkanes of at least 4 members (excludes halogenated alkanes) is 1. The smallest absolute Gasteiger partial charge is 0.0273 e. The number of hydrogen-bond donors (Lipinski definition) is 0. The number of aliphatic imine (C=N–C) groups is 1. The SMILES string of the molecule is CCCCC(C=NC)CC. The first kappa shape index (κ1) is 9.67. The normalized spacial score (nSPS) is 14.3. The van der Waals surface area contributed by atoms with Crippen LogP contribution in [0.2, 0.25) is 0 Å². The maximum atomic E-state index is 4.03. The third-order valence-corrected chi connectivity index (χ3v) is 1.81. The maximum absolute atomic E-state index is 4.03. The van der Waals surface area contributed by atoms with E-state index in [2.05, 4.69) is 25.1 Å². The van der Waals surface area contributed by atoms with Crippen molar-refractivity contribution in [3.8, 4) is 0 Å². The minimum atomic E-state index is 0.727. The lowest BCUT2D eigenvalue weighted by atomic mass is 10.0. The largest absolute Gasteiger partial charge is 0.301 e. The van der Waals surface area contributed by atoms with Crippen molar-refractivity contribution in [1.82, 2.24) is 0 Å². The summed E-state index contributed by atoms with van der Waals surface area (Å²) in [6.07, 6.45) is 7.26. The fourth-order valence-corrected chi connectivity index (χ4v) is 1.06. The Kier molecular flexibility index (Phi) is 6.56. The van der Waals surface area contributed by atoms with Gasteiger partial charge >= 0.3 is 0 Å². The average Bonchev–Trinajstić information content (AvgIpc) is 1.98. The van der Waals surface area contributed by atoms with Gasteiger partial charge in [-0.3, -0.25) is 0 Å². The predicted molar refractivity (Wildman–Crippen MR) is 47.7 cm³/mol. The van der Waals surface area contributed by atoms with E-state index in [-0.39, 0.29) is 0 Å². The number of nitrogens with zero attached hydrogens (tertiary/aromatic N) is 1. The van der Waals surface area contributed by atoms with Crippen molar-refractivity contribution in [2.24, 2.45) is 10.9 Å². The highest BCUT2D eigenvalue weighted by Crippen LogP contribution is 2.09. The van der Waals surface area contributed by atoms with Crippen molar-refractivity contribution in [1.29, 1.82) is 0 Å². The van der Waals surface area contributed by atoms with Gasteiger partial charge in [0.1, 0.15) is 0 Å². The van der Waals surface area contributed by atoms with E-state index in [0.29, 0.717) is 0 Å². The average molecular weight is 141 g/mol. The second kappa shape index (κ2) is 6.79. The van der Waals surface area contributed by atoms with E-state index in [4.69, 9.17) is 0 Å². The quantitative estimate of drug-likeness (QED) is 0.522. The third-order valence-electron chi connectivity index (χ3n) is 1.81. The molecule has 0 heterocycles. The van der Waals surface area contributed by atoms with E-state index in [1.54, 1.807) is 0 Å². The van der Waals surface area contributed by atoms with Gasteiger partial charge in [-0.05, 0) is 18.8 Å². The maximum Gasteiger partial charge on any atom is 0.0273 e. The van der Waals surface area contributed by atoms with Crippen LogP contribution in [0.3, 0.4) is 0 Å². The summed E-state index contributed by atoms with van der Waals surface area (Å²) in [5.41, 5.74) is 0. The topological polar surface area (TPSA) is 12.4 Å². The highest BCUT2D eigenvalue weighted by atomic mass is 14.6. The van der Waals surface area contributed by atoms with Crippen LogP contribution in [0.25, 0.3) is 0 Å². The van der Waals surface area contributed by atoms with Crippen molar-refractivity contribution in [2.75, 3.05) is 7.05 Å². The summed E-state index contributed by atoms with van der Waals surface area (Å²) in [6, 6.07) is 0. The second-order valence-electron chi connectivity index (χ2n) is 2.72. The molecule has 0 fully saturated rings. The van der Waals surface area contributed by atoms with Crippen LogP contribution in [0.15, 0.2) is 4.99 Å². The van der Waals surface area contributed by atoms with Gasteiger partial charge in [0.15, 0.2) is 0 Å². The van der Waals surface area contributed by atoms with Gasteiger partial charge < -0.3 is 4.99 Å². The summed E-state index contributed by atoms with van der Waals surface area (Å²) in [5, 5.41) is 0. The van der Waals surface area contributed by atoms with Gasteiger partial charge in [0.2, 0.25) is 0 Å². The fourth-order valence-electron chi connectivity index (χ4n) is 1.06. The summed E-state index contributed by atoms with van der Waals surface area (Å²) in [7, 11) is 1.86. The van der Waals surface area contributed by atoms with Gasteiger partial charge in [-0.1, -0.05) is 26.7 Å². The Morgan fingerprint density at radius 3 is 2.50 bits per heavy atom. The second-order valence-corrected chi connectivity index (χ2v) is 2.72. The van der Waals surface area contributed by atoms with Gasteiger partial charge in [-0.2, -0.15) is 0 Å². The van der Waals surface area contributed by atoms with Crippen LogP contribution in [-0.2, 0) is 0 Å². The fraction of sp³-hybridized carbons (Fsp3) is 0.889. The van der Waals surface area contributed by atoms with Crippen LogP contribution in [0.4, 0.5) is 0 Å². The molecular weight excluding hydrogens is 122 g/mol. The van der Waals surface area contributed by atoms with Gasteiger partial charge in [0, 0.05) is 13.3 Å². The van der Waals surface area contributed by atoms with Crippen LogP contribution < -0.4 is 0 Å². The molecule has 10 heavy (non-hydrogen) atoms. The molecule has 0 bridgehead atoms. The van der Waals surface area contributed by atoms with Gasteiger partial charge in [-0.15, -0.1) is 0 Å². The van der Waals surface area contributed by atoms with E-state index in [0.717, 1.165) is 5.92 Å². The molecule has 0 aromatic rings. The summed E-state index contributed by atoms with van der Waals surface area (Å²) in [5.74, 6) is 0.727. The number of rotatable bonds is 5. The third kappa shape index (κ3) is 4.54. The Morgan fingerprint density at radius 2 is 2.10 bits per heavy atom. The zero-order valence-corrected chi connectivity index (χ0v) is 7.43. The molecule has 1 heteroatoms. The van der Waals surface area contributed by atoms with E-state index in [9.17, 15) is 0 Å². The van der Waals surface area contributed by atoms with E-state index >= 15 is 0 Å². The molecule has 0 aliphatic carbocycles. The molecule has 0 aliphatic heterocycles. The van der Waals surface area contributed by atoms with Crippen LogP contribution in [0.5, 0.6) is 0 Å². The Hall–Kier alpha value is -0.330. The molecule has 0 saturated heterocycles. The first-order chi connectivity index (χ1) is 4.85. The first-order valence-electron chi connectivity index (χ1n) is 4.27. The molecule has 0 saturated carbocycles. The molecule has 60 valence electrons. The summed E-state index contributed by atoms with van der Waals surface area (Å²) in [4.78, 5) is 4.03. The van der Waals surface area contributed by atoms with Crippen molar-refractivity contribution in [3.05, 3.63) is 0 Å². The summed E-state index contributed by atoms with van der Waals surface area (Å²) >= 11 is 0. The minimum Gasteiger partial charge on any atom is -0.301 e. The van der Waals surface area contributed by atoms with Crippen LogP contribution in [0, 0.1) is 5.92 Å². The summed E-state index contributed by atoms with van der Waals surface area (Å²) in [6.45, 7) is 4.46. The van der Waals surface area contributed by atoms with Gasteiger partial charge in [0.05, 0.1) is 0 Å². The molecule has 1 unspecified atom stereocenters. The molecule has 0 amide bonds. The molecule has 0 aromatic carbocycles. The Bertz CT molecular complexity index is 86.7. The number of hydrogen-bond acceptors (Lipinski definition) is 1. The predicted octanol–water partition coefficient (Wildman–Crippen LogP) is 2.90. The Balaban J connectivity index is 3.39. The van der Waals surface area contributed by atoms with Crippen LogP contribution in [-0.4, -0.2) is 13.3 Å². The highest BCUT2D eigenvalue weighted by Gasteiger charge is 1.99. The van der Waals surface area contributed by atoms with Gasteiger partial charge in [0.25, 0.3) is 0 Å². The molecule has 1 atom stereocenters. The van der Waals surface area contributed by atoms with E-state index < -0.39 is 0 Å². The zero-order valence-electron chi connectivity index (χ0n) is 7.43. The highest BCUT2D eigenvalue weighted by molar-refractivity contribution is 5.60. The van der Waals surface area contributed by atoms with Crippen LogP contribution >= 0.6 is 0 Å². The minimum absolute atomic E-state index is 0.727. The molecule has 0 aromatic heterocycles. The molecule has 0 N–H and O–H groups in total. The van der Waals surface area contributed by atoms with Crippen molar-refractivity contribution >= 4 is 6.21 Å². The Labute approximate surface area is 64.6 Å². The molecule has 1 nitrogen and oxygen atoms in total. The summed E-state index contributed by atoms with van der Waals surface area (Å²) < 4.78 is 0. The van der Waals surface area contributed by atoms with Gasteiger partial charge in [-0.25, -0.2) is 0 Å². The Morgan fingerprint density at radius 1 is 1.40 bits per heavy atom. The van der Waals surface area contributed by atoms with E-state index in [1.165, 1.54) is 25.7 Å². The lowest BCUT2D eigenvalue weighted by molar-refractivity contribution is 0.576. The van der Waals surface area contributed by atoms with Crippen LogP contribution in [0.1, 0.15) is 39.5 Å². The van der Waals surface area contributed by atoms with Crippen molar-refractivity contribution in [2.45, 2.75) is 39.5 Å². The van der Waals surface area contributed by atoms with Crippen molar-refractivity contribution in [3.63, 3.8) is 0 Å². The molecule has 0 spiro atoms. The lowest BCUT2D eigenvalue weighted by Crippen LogP contribution is -1.99. The molecule has 0 aliphatic rings. The monoisotopic (exact) mass is 141 g/mol. The first-order valence-corrected chi connectivity index (χ1v) is 4.27. The standard InChI is InChI=1S/C9H19N/c1-4-6-7-9(5-2)8-10-3/h8-9H,4-7H2,1-3H3. The molecular formula is C9H19N. The van der Waals surface area contributed by atoms with Crippen molar-refractivity contribution < 1.29 is 0 Å². The molecule has 0 radical (unpaired) electrons. The lowest BCUT2D eigenvalue weighted by Gasteiger charge is -2.06. The van der Waals surface area contributed by atoms with E-state index in [1.807, 2.05) is 7.05 Å².